The number of aldehydes is 1. The maximum absolute atomic E-state index is 11.0. The molecule has 0 N–H and O–H groups in total. The first kappa shape index (κ1) is 17.2. The van der Waals surface area contributed by atoms with Crippen molar-refractivity contribution >= 4 is 17.9 Å². The highest BCUT2D eigenvalue weighted by Crippen LogP contribution is 2.22. The number of hydrogen-bond acceptors (Lipinski definition) is 2. The van der Waals surface area contributed by atoms with Gasteiger partial charge in [0.25, 0.3) is 0 Å². The summed E-state index contributed by atoms with van der Waals surface area (Å²) in [5.74, 6) is -0.0947. The van der Waals surface area contributed by atoms with Crippen LogP contribution >= 0.6 is 11.6 Å². The van der Waals surface area contributed by atoms with Gasteiger partial charge in [-0.2, -0.15) is 5.10 Å². The van der Waals surface area contributed by atoms with Crippen molar-refractivity contribution in [3.63, 3.8) is 0 Å². The van der Waals surface area contributed by atoms with Gasteiger partial charge in [-0.15, -0.1) is 0 Å². The Hall–Kier alpha value is -2.13. The normalized spacial score (nSPS) is 12.9. The third kappa shape index (κ3) is 4.93. The molecule has 120 valence electrons. The van der Waals surface area contributed by atoms with Crippen molar-refractivity contribution in [1.82, 2.24) is 9.78 Å². The number of carbonyl (C=O) groups is 1. The Kier molecular flexibility index (Phi) is 6.36. The van der Waals surface area contributed by atoms with Crippen LogP contribution < -0.4 is 0 Å². The summed E-state index contributed by atoms with van der Waals surface area (Å²) in [4.78, 5) is 11.0. The van der Waals surface area contributed by atoms with Crippen LogP contribution in [-0.4, -0.2) is 16.1 Å². The molecule has 1 heterocycles. The zero-order chi connectivity index (χ0) is 16.7. The van der Waals surface area contributed by atoms with Crippen molar-refractivity contribution < 1.29 is 4.79 Å². The number of carbonyl (C=O) groups excluding carboxylic acids is 1. The number of nitrogens with zero attached hydrogens (tertiary/aromatic N) is 2. The van der Waals surface area contributed by atoms with Crippen molar-refractivity contribution in [1.29, 1.82) is 0 Å². The van der Waals surface area contributed by atoms with Crippen LogP contribution in [0.1, 0.15) is 25.3 Å². The lowest BCUT2D eigenvalue weighted by Crippen LogP contribution is -1.99. The quantitative estimate of drug-likeness (QED) is 0.519. The number of allylic oxidation sites excluding steroid dienone is 3. The Morgan fingerprint density at radius 2 is 2.13 bits per heavy atom. The molecular weight excluding hydrogens is 308 g/mol. The largest absolute Gasteiger partial charge is 0.303 e. The van der Waals surface area contributed by atoms with E-state index in [4.69, 9.17) is 11.6 Å². The monoisotopic (exact) mass is 328 g/mol. The lowest BCUT2D eigenvalue weighted by molar-refractivity contribution is -0.110. The lowest BCUT2D eigenvalue weighted by atomic mass is 9.99. The third-order valence-electron chi connectivity index (χ3n) is 3.80. The summed E-state index contributed by atoms with van der Waals surface area (Å²) in [5.41, 5.74) is 3.19. The summed E-state index contributed by atoms with van der Waals surface area (Å²) in [7, 11) is 0. The van der Waals surface area contributed by atoms with Gasteiger partial charge in [-0.1, -0.05) is 43.3 Å². The van der Waals surface area contributed by atoms with Gasteiger partial charge < -0.3 is 4.79 Å². The first-order valence-corrected chi connectivity index (χ1v) is 8.11. The van der Waals surface area contributed by atoms with Gasteiger partial charge in [-0.05, 0) is 48.6 Å². The average Bonchev–Trinajstić information content (AvgIpc) is 3.10. The van der Waals surface area contributed by atoms with Gasteiger partial charge in [0.05, 0.1) is 5.69 Å². The molecule has 3 nitrogen and oxygen atoms in total. The fourth-order valence-electron chi connectivity index (χ4n) is 2.34. The van der Waals surface area contributed by atoms with Crippen LogP contribution in [0.15, 0.2) is 66.0 Å². The molecule has 0 fully saturated rings. The van der Waals surface area contributed by atoms with Crippen molar-refractivity contribution in [3.8, 4) is 5.69 Å². The Morgan fingerprint density at radius 3 is 2.65 bits per heavy atom. The molecule has 4 heteroatoms. The van der Waals surface area contributed by atoms with Crippen LogP contribution in [0, 0.1) is 5.92 Å². The number of aromatic nitrogens is 2. The predicted molar refractivity (Wildman–Crippen MR) is 94.8 cm³/mol. The second kappa shape index (κ2) is 8.49. The van der Waals surface area contributed by atoms with Gasteiger partial charge >= 0.3 is 0 Å². The van der Waals surface area contributed by atoms with Gasteiger partial charge in [0.15, 0.2) is 0 Å². The topological polar surface area (TPSA) is 34.9 Å². The molecule has 0 aliphatic rings. The second-order valence-electron chi connectivity index (χ2n) is 5.42. The Labute approximate surface area is 142 Å². The lowest BCUT2D eigenvalue weighted by Gasteiger charge is -2.09. The van der Waals surface area contributed by atoms with Crippen LogP contribution in [-0.2, 0) is 11.2 Å². The van der Waals surface area contributed by atoms with Crippen LogP contribution in [0.25, 0.3) is 5.69 Å². The highest BCUT2D eigenvalue weighted by Gasteiger charge is 2.07. The first-order valence-electron chi connectivity index (χ1n) is 7.73. The summed E-state index contributed by atoms with van der Waals surface area (Å²) in [6.45, 7) is 5.79. The number of rotatable bonds is 8. The van der Waals surface area contributed by atoms with Crippen molar-refractivity contribution in [2.45, 2.75) is 26.2 Å². The SMILES string of the molecule is C=C(Cl)/C(=C\C(C=O)CC)CCc1ccc(-n2cccn2)cc1. The second-order valence-corrected chi connectivity index (χ2v) is 5.88. The molecule has 2 aromatic rings. The molecule has 0 bridgehead atoms. The van der Waals surface area contributed by atoms with E-state index in [1.807, 2.05) is 42.1 Å². The van der Waals surface area contributed by atoms with E-state index in [0.717, 1.165) is 36.8 Å². The summed E-state index contributed by atoms with van der Waals surface area (Å²) < 4.78 is 1.83. The molecule has 23 heavy (non-hydrogen) atoms. The van der Waals surface area contributed by atoms with Crippen molar-refractivity contribution in [2.75, 3.05) is 0 Å². The Morgan fingerprint density at radius 1 is 1.39 bits per heavy atom. The molecule has 0 spiro atoms. The first-order chi connectivity index (χ1) is 11.1. The molecule has 0 saturated heterocycles. The van der Waals surface area contributed by atoms with Crippen molar-refractivity contribution in [2.24, 2.45) is 5.92 Å². The molecule has 1 unspecified atom stereocenters. The van der Waals surface area contributed by atoms with E-state index in [1.54, 1.807) is 6.20 Å². The maximum atomic E-state index is 11.0. The number of hydrogen-bond donors (Lipinski definition) is 0. The minimum atomic E-state index is -0.0947. The van der Waals surface area contributed by atoms with Crippen molar-refractivity contribution in [3.05, 3.63) is 71.5 Å². The summed E-state index contributed by atoms with van der Waals surface area (Å²) in [5, 5.41) is 4.72. The van der Waals surface area contributed by atoms with Gasteiger partial charge in [-0.3, -0.25) is 0 Å². The van der Waals surface area contributed by atoms with E-state index in [9.17, 15) is 4.79 Å². The van der Waals surface area contributed by atoms with E-state index in [-0.39, 0.29) is 5.92 Å². The number of benzene rings is 1. The number of halogens is 1. The predicted octanol–water partition coefficient (Wildman–Crippen LogP) is 4.71. The molecule has 1 aromatic carbocycles. The molecule has 0 radical (unpaired) electrons. The van der Waals surface area contributed by atoms with E-state index in [1.165, 1.54) is 5.56 Å². The fourth-order valence-corrected chi connectivity index (χ4v) is 2.49. The standard InChI is InChI=1S/C19H21ClN2O/c1-3-16(14-23)13-18(15(2)20)8-5-17-6-9-19(10-7-17)22-12-4-11-21-22/h4,6-7,9-14,16H,2-3,5,8H2,1H3/b18-13-. The molecule has 2 rings (SSSR count). The zero-order valence-electron chi connectivity index (χ0n) is 13.3. The van der Waals surface area contributed by atoms with Crippen LogP contribution in [0.5, 0.6) is 0 Å². The van der Waals surface area contributed by atoms with E-state index < -0.39 is 0 Å². The summed E-state index contributed by atoms with van der Waals surface area (Å²) in [6, 6.07) is 10.2. The van der Waals surface area contributed by atoms with Gasteiger partial charge in [0.1, 0.15) is 6.29 Å². The highest BCUT2D eigenvalue weighted by atomic mass is 35.5. The summed E-state index contributed by atoms with van der Waals surface area (Å²) >= 11 is 6.07. The third-order valence-corrected chi connectivity index (χ3v) is 4.04. The van der Waals surface area contributed by atoms with E-state index >= 15 is 0 Å². The van der Waals surface area contributed by atoms with E-state index in [0.29, 0.717) is 5.03 Å². The average molecular weight is 329 g/mol. The van der Waals surface area contributed by atoms with Crippen LogP contribution in [0.4, 0.5) is 0 Å². The zero-order valence-corrected chi connectivity index (χ0v) is 14.0. The smallest absolute Gasteiger partial charge is 0.126 e. The minimum absolute atomic E-state index is 0.0947. The Balaban J connectivity index is 2.03. The molecular formula is C19H21ClN2O. The molecule has 0 saturated carbocycles. The molecule has 0 amide bonds. The fraction of sp³-hybridized carbons (Fsp3) is 0.263. The van der Waals surface area contributed by atoms with Gasteiger partial charge in [-0.25, -0.2) is 4.68 Å². The molecule has 1 aromatic heterocycles. The minimum Gasteiger partial charge on any atom is -0.303 e. The molecule has 1 atom stereocenters. The molecule has 0 aliphatic heterocycles. The van der Waals surface area contributed by atoms with Crippen LogP contribution in [0.2, 0.25) is 0 Å². The van der Waals surface area contributed by atoms with Gasteiger partial charge in [0.2, 0.25) is 0 Å². The Bertz CT molecular complexity index is 672. The van der Waals surface area contributed by atoms with Crippen LogP contribution in [0.3, 0.4) is 0 Å². The maximum Gasteiger partial charge on any atom is 0.126 e. The number of aryl methyl sites for hydroxylation is 1. The molecule has 0 aliphatic carbocycles. The van der Waals surface area contributed by atoms with Gasteiger partial charge in [0, 0.05) is 23.3 Å². The highest BCUT2D eigenvalue weighted by molar-refractivity contribution is 6.31. The van der Waals surface area contributed by atoms with E-state index in [2.05, 4.69) is 23.8 Å². The summed E-state index contributed by atoms with van der Waals surface area (Å²) in [6.07, 6.45) is 8.96.